The molecule has 0 saturated carbocycles. The highest BCUT2D eigenvalue weighted by Gasteiger charge is 2.49. The molecule has 1 fully saturated rings. The van der Waals surface area contributed by atoms with Crippen molar-refractivity contribution in [3.8, 4) is 0 Å². The Kier molecular flexibility index (Phi) is 8.03. The Labute approximate surface area is 239 Å². The number of fused-ring (bicyclic) bond motifs is 1. The first-order valence-corrected chi connectivity index (χ1v) is 15.1. The maximum absolute atomic E-state index is 12.2. The fourth-order valence-corrected chi connectivity index (χ4v) is 7.24. The van der Waals surface area contributed by atoms with E-state index in [0.717, 1.165) is 37.2 Å². The van der Waals surface area contributed by atoms with Gasteiger partial charge in [-0.25, -0.2) is 0 Å². The van der Waals surface area contributed by atoms with Crippen molar-refractivity contribution in [2.24, 2.45) is 0 Å². The van der Waals surface area contributed by atoms with Crippen LogP contribution < -0.4 is 0 Å². The van der Waals surface area contributed by atoms with Crippen molar-refractivity contribution in [1.82, 2.24) is 15.1 Å². The molecule has 0 radical (unpaired) electrons. The standard InChI is InChI=1S/C35H41N3O2/c1-3-36-23-13-12-20-32(36)35-33(28-15-6-4-7-16-28)34(29-17-8-5-9-18-29)38(40-25-39)37(35)26(2)30-22-21-27-14-10-11-19-31(27)24-30/h4-9,15-18,21-22,24-26,32,35H,3,10-14,19-20,23H2,1-2H3. The first-order valence-electron chi connectivity index (χ1n) is 15.1. The van der Waals surface area contributed by atoms with Crippen LogP contribution in [-0.4, -0.2) is 46.7 Å². The Morgan fingerprint density at radius 3 is 2.27 bits per heavy atom. The van der Waals surface area contributed by atoms with E-state index in [4.69, 9.17) is 4.84 Å². The summed E-state index contributed by atoms with van der Waals surface area (Å²) in [5.41, 5.74) is 8.63. The molecule has 3 aliphatic rings. The van der Waals surface area contributed by atoms with E-state index in [2.05, 4.69) is 96.6 Å². The lowest BCUT2D eigenvalue weighted by molar-refractivity contribution is -0.237. The summed E-state index contributed by atoms with van der Waals surface area (Å²) in [7, 11) is 0. The minimum atomic E-state index is -0.00210. The highest BCUT2D eigenvalue weighted by atomic mass is 16.7. The molecule has 3 aromatic rings. The van der Waals surface area contributed by atoms with Gasteiger partial charge in [-0.3, -0.25) is 9.69 Å². The third-order valence-electron chi connectivity index (χ3n) is 9.20. The number of aryl methyl sites for hydroxylation is 2. The first kappa shape index (κ1) is 26.8. The molecule has 40 heavy (non-hydrogen) atoms. The van der Waals surface area contributed by atoms with Gasteiger partial charge in [0.25, 0.3) is 0 Å². The van der Waals surface area contributed by atoms with Crippen LogP contribution in [0.1, 0.15) is 79.8 Å². The lowest BCUT2D eigenvalue weighted by Gasteiger charge is -2.45. The van der Waals surface area contributed by atoms with Crippen molar-refractivity contribution in [2.45, 2.75) is 76.9 Å². The molecule has 2 aliphatic heterocycles. The van der Waals surface area contributed by atoms with Crippen molar-refractivity contribution in [1.29, 1.82) is 0 Å². The van der Waals surface area contributed by atoms with Gasteiger partial charge in [-0.15, -0.1) is 5.17 Å². The number of rotatable bonds is 8. The molecular formula is C35H41N3O2. The average molecular weight is 536 g/mol. The number of carbonyl (C=O) groups is 1. The second kappa shape index (κ2) is 12.0. The Hall–Kier alpha value is -3.41. The van der Waals surface area contributed by atoms with Gasteiger partial charge in [-0.2, -0.15) is 5.01 Å². The van der Waals surface area contributed by atoms with E-state index in [1.54, 1.807) is 0 Å². The lowest BCUT2D eigenvalue weighted by Crippen LogP contribution is -2.55. The molecule has 1 saturated heterocycles. The Morgan fingerprint density at radius 2 is 1.57 bits per heavy atom. The second-order valence-corrected chi connectivity index (χ2v) is 11.4. The molecule has 1 aliphatic carbocycles. The van der Waals surface area contributed by atoms with Crippen LogP contribution >= 0.6 is 0 Å². The molecule has 3 unspecified atom stereocenters. The first-order chi connectivity index (χ1) is 19.7. The maximum Gasteiger partial charge on any atom is 0.322 e. The fourth-order valence-electron chi connectivity index (χ4n) is 7.24. The zero-order valence-corrected chi connectivity index (χ0v) is 23.8. The number of nitrogens with zero attached hydrogens (tertiary/aromatic N) is 3. The number of carbonyl (C=O) groups excluding carboxylic acids is 1. The predicted molar refractivity (Wildman–Crippen MR) is 161 cm³/mol. The molecule has 0 spiro atoms. The summed E-state index contributed by atoms with van der Waals surface area (Å²) in [6.07, 6.45) is 8.38. The van der Waals surface area contributed by atoms with Crippen LogP contribution in [0.5, 0.6) is 0 Å². The van der Waals surface area contributed by atoms with Crippen molar-refractivity contribution < 1.29 is 9.63 Å². The summed E-state index contributed by atoms with van der Waals surface area (Å²) in [4.78, 5) is 20.8. The third kappa shape index (κ3) is 4.97. The maximum atomic E-state index is 12.2. The Balaban J connectivity index is 1.55. The van der Waals surface area contributed by atoms with E-state index in [-0.39, 0.29) is 12.1 Å². The van der Waals surface area contributed by atoms with Crippen molar-refractivity contribution in [3.63, 3.8) is 0 Å². The number of hydrogen-bond donors (Lipinski definition) is 0. The average Bonchev–Trinajstić information content (AvgIpc) is 3.36. The summed E-state index contributed by atoms with van der Waals surface area (Å²) < 4.78 is 0. The normalized spacial score (nSPS) is 22.7. The largest absolute Gasteiger partial charge is 0.328 e. The molecule has 2 heterocycles. The van der Waals surface area contributed by atoms with Crippen molar-refractivity contribution in [3.05, 3.63) is 107 Å². The van der Waals surface area contributed by atoms with Crippen LogP contribution in [0.2, 0.25) is 0 Å². The monoisotopic (exact) mass is 535 g/mol. The topological polar surface area (TPSA) is 36.0 Å². The minimum Gasteiger partial charge on any atom is -0.328 e. The van der Waals surface area contributed by atoms with E-state index in [0.29, 0.717) is 12.5 Å². The number of hydroxylamine groups is 1. The molecule has 5 heteroatoms. The van der Waals surface area contributed by atoms with Gasteiger partial charge in [0.1, 0.15) is 5.70 Å². The second-order valence-electron chi connectivity index (χ2n) is 11.4. The summed E-state index contributed by atoms with van der Waals surface area (Å²) in [5, 5.41) is 4.18. The molecule has 0 bridgehead atoms. The van der Waals surface area contributed by atoms with Gasteiger partial charge in [0, 0.05) is 17.2 Å². The summed E-state index contributed by atoms with van der Waals surface area (Å²) in [6, 6.07) is 28.5. The van der Waals surface area contributed by atoms with E-state index in [9.17, 15) is 4.79 Å². The number of likely N-dealkylation sites (tertiary alicyclic amines) is 1. The summed E-state index contributed by atoms with van der Waals surface area (Å²) in [5.74, 6) is 0. The van der Waals surface area contributed by atoms with Gasteiger partial charge < -0.3 is 4.84 Å². The molecule has 0 aromatic heterocycles. The SMILES string of the molecule is CCN1CCCCC1C1C(c2ccccc2)=C(c2ccccc2)N(OC=O)N1C(C)c1ccc2c(c1)CCCC2. The molecular weight excluding hydrogens is 494 g/mol. The van der Waals surface area contributed by atoms with E-state index in [1.807, 2.05) is 11.2 Å². The highest BCUT2D eigenvalue weighted by Crippen LogP contribution is 2.48. The summed E-state index contributed by atoms with van der Waals surface area (Å²) >= 11 is 0. The molecule has 6 rings (SSSR count). The molecule has 208 valence electrons. The summed E-state index contributed by atoms with van der Waals surface area (Å²) in [6.45, 7) is 7.22. The zero-order chi connectivity index (χ0) is 27.5. The smallest absolute Gasteiger partial charge is 0.322 e. The number of hydrogen-bond acceptors (Lipinski definition) is 5. The Bertz CT molecular complexity index is 1340. The van der Waals surface area contributed by atoms with E-state index in [1.165, 1.54) is 59.9 Å². The van der Waals surface area contributed by atoms with Crippen molar-refractivity contribution >= 4 is 17.7 Å². The number of benzene rings is 3. The number of likely N-dealkylation sites (N-methyl/N-ethyl adjacent to an activating group) is 1. The molecule has 5 nitrogen and oxygen atoms in total. The lowest BCUT2D eigenvalue weighted by atomic mass is 9.85. The molecule has 0 N–H and O–H groups in total. The van der Waals surface area contributed by atoms with Crippen LogP contribution in [0.25, 0.3) is 11.3 Å². The molecule has 0 amide bonds. The van der Waals surface area contributed by atoms with E-state index < -0.39 is 0 Å². The predicted octanol–water partition coefficient (Wildman–Crippen LogP) is 7.06. The number of piperidine rings is 1. The number of hydrazine groups is 1. The third-order valence-corrected chi connectivity index (χ3v) is 9.20. The quantitative estimate of drug-likeness (QED) is 0.289. The van der Waals surface area contributed by atoms with Gasteiger partial charge in [0.2, 0.25) is 0 Å². The van der Waals surface area contributed by atoms with Crippen LogP contribution in [0.4, 0.5) is 0 Å². The van der Waals surface area contributed by atoms with Gasteiger partial charge in [-0.1, -0.05) is 92.2 Å². The molecule has 3 aromatic carbocycles. The molecule has 3 atom stereocenters. The fraction of sp³-hybridized carbons (Fsp3) is 0.400. The van der Waals surface area contributed by atoms with Gasteiger partial charge >= 0.3 is 6.47 Å². The zero-order valence-electron chi connectivity index (χ0n) is 23.8. The van der Waals surface area contributed by atoms with Crippen LogP contribution in [0, 0.1) is 0 Å². The van der Waals surface area contributed by atoms with Crippen LogP contribution in [0.3, 0.4) is 0 Å². The minimum absolute atomic E-state index is 0.00210. The van der Waals surface area contributed by atoms with Crippen molar-refractivity contribution in [2.75, 3.05) is 13.1 Å². The Morgan fingerprint density at radius 1 is 0.875 bits per heavy atom. The van der Waals surface area contributed by atoms with Crippen LogP contribution in [0.15, 0.2) is 78.9 Å². The van der Waals surface area contributed by atoms with Gasteiger partial charge in [0.15, 0.2) is 0 Å². The van der Waals surface area contributed by atoms with Gasteiger partial charge in [-0.05, 0) is 80.8 Å². The van der Waals surface area contributed by atoms with E-state index >= 15 is 0 Å². The highest BCUT2D eigenvalue weighted by molar-refractivity contribution is 5.94. The van der Waals surface area contributed by atoms with Crippen LogP contribution in [-0.2, 0) is 22.5 Å². The van der Waals surface area contributed by atoms with Gasteiger partial charge in [0.05, 0.1) is 12.1 Å².